The van der Waals surface area contributed by atoms with E-state index in [0.717, 1.165) is 4.90 Å². The van der Waals surface area contributed by atoms with Crippen LogP contribution in [0, 0.1) is 0 Å². The van der Waals surface area contributed by atoms with Crippen LogP contribution in [0.3, 0.4) is 0 Å². The maximum absolute atomic E-state index is 11.9. The number of fused-ring (bicyclic) bond motifs is 1. The van der Waals surface area contributed by atoms with Gasteiger partial charge in [-0.3, -0.25) is 19.3 Å². The highest BCUT2D eigenvalue weighted by Gasteiger charge is 2.32. The van der Waals surface area contributed by atoms with Crippen molar-refractivity contribution in [1.29, 1.82) is 0 Å². The predicted octanol–water partition coefficient (Wildman–Crippen LogP) is -0.325. The summed E-state index contributed by atoms with van der Waals surface area (Å²) in [6.45, 7) is -0.576. The second-order valence-electron chi connectivity index (χ2n) is 4.66. The minimum absolute atomic E-state index is 0.0569. The zero-order valence-electron chi connectivity index (χ0n) is 10.9. The molecule has 1 saturated heterocycles. The molecule has 3 rings (SSSR count). The lowest BCUT2D eigenvalue weighted by Crippen LogP contribution is -2.55. The first-order valence-electron chi connectivity index (χ1n) is 6.24. The highest BCUT2D eigenvalue weighted by atomic mass is 16.7. The molecule has 0 aromatic heterocycles. The second-order valence-corrected chi connectivity index (χ2v) is 4.66. The minimum atomic E-state index is -1.21. The van der Waals surface area contributed by atoms with E-state index in [1.165, 1.54) is 0 Å². The average Bonchev–Trinajstić information content (AvgIpc) is 2.89. The lowest BCUT2D eigenvalue weighted by molar-refractivity contribution is -0.153. The summed E-state index contributed by atoms with van der Waals surface area (Å²) in [5, 5.41) is 8.70. The number of nitrogens with zero attached hydrogens (tertiary/aromatic N) is 2. The van der Waals surface area contributed by atoms with E-state index in [2.05, 4.69) is 0 Å². The maximum Gasteiger partial charge on any atom is 0.323 e. The van der Waals surface area contributed by atoms with Gasteiger partial charge in [-0.1, -0.05) is 0 Å². The largest absolute Gasteiger partial charge is 0.480 e. The Morgan fingerprint density at radius 1 is 1.14 bits per heavy atom. The number of piperazine rings is 1. The SMILES string of the molecule is O=C(O)CN1C(=O)CN(c2ccc3c(c2)OCO3)CC1=O. The van der Waals surface area contributed by atoms with Crippen molar-refractivity contribution in [2.24, 2.45) is 0 Å². The van der Waals surface area contributed by atoms with Gasteiger partial charge < -0.3 is 19.5 Å². The van der Waals surface area contributed by atoms with Gasteiger partial charge in [-0.25, -0.2) is 0 Å². The standard InChI is InChI=1S/C13H12N2O6/c16-11-4-14(5-12(17)15(11)6-13(18)19)8-1-2-9-10(3-8)21-7-20-9/h1-3H,4-7H2,(H,18,19). The van der Waals surface area contributed by atoms with Gasteiger partial charge in [-0.2, -0.15) is 0 Å². The summed E-state index contributed by atoms with van der Waals surface area (Å²) in [6, 6.07) is 5.12. The van der Waals surface area contributed by atoms with Gasteiger partial charge in [0, 0.05) is 11.8 Å². The van der Waals surface area contributed by atoms with Gasteiger partial charge in [0.05, 0.1) is 13.1 Å². The van der Waals surface area contributed by atoms with Crippen LogP contribution in [0.15, 0.2) is 18.2 Å². The number of carbonyl (C=O) groups excluding carboxylic acids is 2. The van der Waals surface area contributed by atoms with Gasteiger partial charge in [0.2, 0.25) is 18.6 Å². The zero-order valence-corrected chi connectivity index (χ0v) is 10.9. The summed E-state index contributed by atoms with van der Waals surface area (Å²) in [6.07, 6.45) is 0. The van der Waals surface area contributed by atoms with E-state index in [-0.39, 0.29) is 19.9 Å². The first-order chi connectivity index (χ1) is 10.0. The van der Waals surface area contributed by atoms with Crippen LogP contribution in [-0.4, -0.2) is 54.2 Å². The van der Waals surface area contributed by atoms with E-state index in [4.69, 9.17) is 14.6 Å². The third-order valence-electron chi connectivity index (χ3n) is 3.27. The van der Waals surface area contributed by atoms with Gasteiger partial charge in [0.25, 0.3) is 0 Å². The molecule has 0 aliphatic carbocycles. The molecule has 2 aliphatic rings. The van der Waals surface area contributed by atoms with Gasteiger partial charge in [-0.05, 0) is 12.1 Å². The smallest absolute Gasteiger partial charge is 0.323 e. The molecule has 2 heterocycles. The Balaban J connectivity index is 1.78. The fourth-order valence-corrected chi connectivity index (χ4v) is 2.27. The quantitative estimate of drug-likeness (QED) is 0.762. The number of benzene rings is 1. The number of amides is 2. The Labute approximate surface area is 119 Å². The molecule has 21 heavy (non-hydrogen) atoms. The molecule has 1 N–H and O–H groups in total. The zero-order chi connectivity index (χ0) is 15.0. The molecule has 0 bridgehead atoms. The predicted molar refractivity (Wildman–Crippen MR) is 69.1 cm³/mol. The number of carboxylic acid groups (broad SMARTS) is 1. The van der Waals surface area contributed by atoms with E-state index in [9.17, 15) is 14.4 Å². The summed E-state index contributed by atoms with van der Waals surface area (Å²) < 4.78 is 10.4. The molecule has 1 aromatic rings. The Morgan fingerprint density at radius 2 is 1.81 bits per heavy atom. The monoisotopic (exact) mass is 292 g/mol. The highest BCUT2D eigenvalue weighted by molar-refractivity contribution is 6.04. The van der Waals surface area contributed by atoms with Crippen LogP contribution in [0.25, 0.3) is 0 Å². The van der Waals surface area contributed by atoms with Crippen molar-refractivity contribution < 1.29 is 29.0 Å². The Morgan fingerprint density at radius 3 is 2.48 bits per heavy atom. The van der Waals surface area contributed by atoms with Crippen LogP contribution in [0.5, 0.6) is 11.5 Å². The molecule has 0 atom stereocenters. The average molecular weight is 292 g/mol. The van der Waals surface area contributed by atoms with Crippen LogP contribution in [0.2, 0.25) is 0 Å². The van der Waals surface area contributed by atoms with Crippen molar-refractivity contribution in [2.75, 3.05) is 31.3 Å². The number of imide groups is 1. The Bertz CT molecular complexity index is 611. The van der Waals surface area contributed by atoms with E-state index < -0.39 is 24.3 Å². The molecule has 1 fully saturated rings. The van der Waals surface area contributed by atoms with E-state index in [0.29, 0.717) is 17.2 Å². The molecule has 0 saturated carbocycles. The molecule has 8 nitrogen and oxygen atoms in total. The number of hydrogen-bond donors (Lipinski definition) is 1. The van der Waals surface area contributed by atoms with Crippen molar-refractivity contribution in [3.63, 3.8) is 0 Å². The molecular formula is C13H12N2O6. The van der Waals surface area contributed by atoms with Crippen LogP contribution in [0.4, 0.5) is 5.69 Å². The van der Waals surface area contributed by atoms with Crippen molar-refractivity contribution in [1.82, 2.24) is 4.90 Å². The lowest BCUT2D eigenvalue weighted by atomic mass is 10.2. The van der Waals surface area contributed by atoms with E-state index in [1.807, 2.05) is 0 Å². The molecular weight excluding hydrogens is 280 g/mol. The number of carbonyl (C=O) groups is 3. The molecule has 8 heteroatoms. The first-order valence-corrected chi connectivity index (χ1v) is 6.24. The molecule has 110 valence electrons. The van der Waals surface area contributed by atoms with Gasteiger partial charge in [0.15, 0.2) is 11.5 Å². The first kappa shape index (κ1) is 13.2. The van der Waals surface area contributed by atoms with Crippen LogP contribution in [0.1, 0.15) is 0 Å². The van der Waals surface area contributed by atoms with Gasteiger partial charge in [-0.15, -0.1) is 0 Å². The van der Waals surface area contributed by atoms with Crippen molar-refractivity contribution in [2.45, 2.75) is 0 Å². The topological polar surface area (TPSA) is 96.4 Å². The van der Waals surface area contributed by atoms with E-state index >= 15 is 0 Å². The normalized spacial score (nSPS) is 17.3. The van der Waals surface area contributed by atoms with Crippen molar-refractivity contribution in [3.8, 4) is 11.5 Å². The summed E-state index contributed by atoms with van der Waals surface area (Å²) in [5.41, 5.74) is 0.649. The van der Waals surface area contributed by atoms with Gasteiger partial charge in [0.1, 0.15) is 6.54 Å². The third kappa shape index (κ3) is 2.47. The Hall–Kier alpha value is -2.77. The summed E-state index contributed by atoms with van der Waals surface area (Å²) in [7, 11) is 0. The fourth-order valence-electron chi connectivity index (χ4n) is 2.27. The van der Waals surface area contributed by atoms with Crippen molar-refractivity contribution >= 4 is 23.5 Å². The highest BCUT2D eigenvalue weighted by Crippen LogP contribution is 2.35. The van der Waals surface area contributed by atoms with Crippen LogP contribution >= 0.6 is 0 Å². The molecule has 0 radical (unpaired) electrons. The number of hydrogen-bond acceptors (Lipinski definition) is 6. The molecule has 0 spiro atoms. The molecule has 1 aromatic carbocycles. The third-order valence-corrected chi connectivity index (χ3v) is 3.27. The van der Waals surface area contributed by atoms with Crippen molar-refractivity contribution in [3.05, 3.63) is 18.2 Å². The van der Waals surface area contributed by atoms with E-state index in [1.54, 1.807) is 23.1 Å². The summed E-state index contributed by atoms with van der Waals surface area (Å²) >= 11 is 0. The maximum atomic E-state index is 11.9. The van der Waals surface area contributed by atoms with Crippen LogP contribution < -0.4 is 14.4 Å². The molecule has 2 aliphatic heterocycles. The lowest BCUT2D eigenvalue weighted by Gasteiger charge is -2.33. The van der Waals surface area contributed by atoms with Gasteiger partial charge >= 0.3 is 5.97 Å². The fraction of sp³-hybridized carbons (Fsp3) is 0.308. The number of carboxylic acids is 1. The number of ether oxygens (including phenoxy) is 2. The number of anilines is 1. The summed E-state index contributed by atoms with van der Waals surface area (Å²) in [4.78, 5) is 36.8. The number of rotatable bonds is 3. The molecule has 2 amide bonds. The second kappa shape index (κ2) is 4.97. The van der Waals surface area contributed by atoms with Crippen LogP contribution in [-0.2, 0) is 14.4 Å². The molecule has 0 unspecified atom stereocenters. The minimum Gasteiger partial charge on any atom is -0.480 e. The Kier molecular flexibility index (Phi) is 3.13. The summed E-state index contributed by atoms with van der Waals surface area (Å²) in [5.74, 6) is -1.12. The number of aliphatic carboxylic acids is 1.